The van der Waals surface area contributed by atoms with Gasteiger partial charge in [0.25, 0.3) is 0 Å². The molecular formula is C8H11BrNP. The fraction of sp³-hybridized carbons (Fsp3) is 0.250. The van der Waals surface area contributed by atoms with Crippen molar-refractivity contribution in [1.29, 1.82) is 0 Å². The Bertz CT molecular complexity index is 273. The SMILES string of the molecule is CNc1c(C)ccc(Br)c1P. The lowest BCUT2D eigenvalue weighted by atomic mass is 10.2. The molecule has 0 saturated carbocycles. The maximum absolute atomic E-state index is 3.46. The first-order valence-corrected chi connectivity index (χ1v) is 4.76. The van der Waals surface area contributed by atoms with Gasteiger partial charge in [-0.05, 0) is 18.6 Å². The van der Waals surface area contributed by atoms with Gasteiger partial charge in [-0.2, -0.15) is 0 Å². The maximum atomic E-state index is 3.46. The van der Waals surface area contributed by atoms with Gasteiger partial charge < -0.3 is 5.32 Å². The Hall–Kier alpha value is -0.0700. The van der Waals surface area contributed by atoms with E-state index in [1.165, 1.54) is 16.6 Å². The zero-order valence-electron chi connectivity index (χ0n) is 6.61. The second-order valence-electron chi connectivity index (χ2n) is 2.40. The molecule has 0 amide bonds. The number of hydrogen-bond acceptors (Lipinski definition) is 1. The fourth-order valence-corrected chi connectivity index (χ4v) is 1.83. The summed E-state index contributed by atoms with van der Waals surface area (Å²) in [6, 6.07) is 4.14. The summed E-state index contributed by atoms with van der Waals surface area (Å²) < 4.78 is 1.12. The summed E-state index contributed by atoms with van der Waals surface area (Å²) in [6.07, 6.45) is 0. The first-order valence-electron chi connectivity index (χ1n) is 3.39. The van der Waals surface area contributed by atoms with Gasteiger partial charge in [-0.15, -0.1) is 9.24 Å². The number of aryl methyl sites for hydroxylation is 1. The summed E-state index contributed by atoms with van der Waals surface area (Å²) >= 11 is 3.46. The summed E-state index contributed by atoms with van der Waals surface area (Å²) in [5, 5.41) is 4.34. The molecule has 1 atom stereocenters. The van der Waals surface area contributed by atoms with E-state index in [1.807, 2.05) is 7.05 Å². The minimum atomic E-state index is 1.12. The quantitative estimate of drug-likeness (QED) is 0.732. The highest BCUT2D eigenvalue weighted by Crippen LogP contribution is 2.20. The summed E-state index contributed by atoms with van der Waals surface area (Å²) in [5.41, 5.74) is 2.45. The van der Waals surface area contributed by atoms with Crippen LogP contribution in [0.25, 0.3) is 0 Å². The van der Waals surface area contributed by atoms with Crippen LogP contribution in [-0.4, -0.2) is 7.05 Å². The number of nitrogens with one attached hydrogen (secondary N) is 1. The smallest absolute Gasteiger partial charge is 0.0451 e. The van der Waals surface area contributed by atoms with E-state index in [2.05, 4.69) is 49.5 Å². The molecule has 60 valence electrons. The summed E-state index contributed by atoms with van der Waals surface area (Å²) in [6.45, 7) is 2.09. The van der Waals surface area contributed by atoms with Gasteiger partial charge in [0.15, 0.2) is 0 Å². The van der Waals surface area contributed by atoms with Crippen molar-refractivity contribution in [3.05, 3.63) is 22.2 Å². The standard InChI is InChI=1S/C8H11BrNP/c1-5-3-4-6(9)8(11)7(5)10-2/h3-4,10H,11H2,1-2H3. The second kappa shape index (κ2) is 3.55. The number of benzene rings is 1. The van der Waals surface area contributed by atoms with Crippen LogP contribution in [0.2, 0.25) is 0 Å². The molecule has 1 rings (SSSR count). The van der Waals surface area contributed by atoms with Crippen molar-refractivity contribution < 1.29 is 0 Å². The Morgan fingerprint density at radius 1 is 1.45 bits per heavy atom. The molecular weight excluding hydrogens is 221 g/mol. The molecule has 0 aliphatic heterocycles. The molecule has 0 bridgehead atoms. The summed E-state index contributed by atoms with van der Waals surface area (Å²) in [4.78, 5) is 0. The van der Waals surface area contributed by atoms with Crippen LogP contribution in [-0.2, 0) is 0 Å². The van der Waals surface area contributed by atoms with Crippen molar-refractivity contribution >= 4 is 36.2 Å². The van der Waals surface area contributed by atoms with Gasteiger partial charge in [-0.25, -0.2) is 0 Å². The number of rotatable bonds is 1. The van der Waals surface area contributed by atoms with Crippen molar-refractivity contribution in [1.82, 2.24) is 0 Å². The second-order valence-corrected chi connectivity index (χ2v) is 3.83. The normalized spacial score (nSPS) is 9.82. The molecule has 0 aliphatic carbocycles. The first kappa shape index (κ1) is 9.02. The molecule has 1 aromatic carbocycles. The first-order chi connectivity index (χ1) is 5.16. The molecule has 0 spiro atoms. The Morgan fingerprint density at radius 3 is 2.55 bits per heavy atom. The minimum absolute atomic E-state index is 1.12. The van der Waals surface area contributed by atoms with E-state index in [1.54, 1.807) is 0 Å². The van der Waals surface area contributed by atoms with E-state index in [0.717, 1.165) is 4.47 Å². The lowest BCUT2D eigenvalue weighted by molar-refractivity contribution is 1.42. The van der Waals surface area contributed by atoms with Gasteiger partial charge in [0.1, 0.15) is 0 Å². The Balaban J connectivity index is 3.29. The molecule has 0 radical (unpaired) electrons. The molecule has 3 heteroatoms. The van der Waals surface area contributed by atoms with E-state index in [0.29, 0.717) is 0 Å². The third kappa shape index (κ3) is 1.74. The highest BCUT2D eigenvalue weighted by molar-refractivity contribution is 9.10. The van der Waals surface area contributed by atoms with Crippen LogP contribution < -0.4 is 10.6 Å². The lowest BCUT2D eigenvalue weighted by Gasteiger charge is -2.09. The van der Waals surface area contributed by atoms with Crippen LogP contribution in [0.15, 0.2) is 16.6 Å². The average molecular weight is 232 g/mol. The van der Waals surface area contributed by atoms with Crippen molar-refractivity contribution in [2.75, 3.05) is 12.4 Å². The minimum Gasteiger partial charge on any atom is -0.387 e. The molecule has 0 aromatic heterocycles. The summed E-state index contributed by atoms with van der Waals surface area (Å²) in [7, 11) is 4.65. The number of hydrogen-bond donors (Lipinski definition) is 1. The van der Waals surface area contributed by atoms with Gasteiger partial charge in [-0.3, -0.25) is 0 Å². The Kier molecular flexibility index (Phi) is 2.91. The van der Waals surface area contributed by atoms with Crippen LogP contribution in [0.5, 0.6) is 0 Å². The molecule has 1 nitrogen and oxygen atoms in total. The summed E-state index contributed by atoms with van der Waals surface area (Å²) in [5.74, 6) is 0. The van der Waals surface area contributed by atoms with Crippen molar-refractivity contribution in [3.63, 3.8) is 0 Å². The van der Waals surface area contributed by atoms with Crippen LogP contribution in [0.4, 0.5) is 5.69 Å². The monoisotopic (exact) mass is 231 g/mol. The molecule has 0 aliphatic rings. The Morgan fingerprint density at radius 2 is 2.09 bits per heavy atom. The third-order valence-electron chi connectivity index (χ3n) is 1.65. The van der Waals surface area contributed by atoms with Crippen LogP contribution >= 0.6 is 25.2 Å². The van der Waals surface area contributed by atoms with E-state index < -0.39 is 0 Å². The predicted octanol–water partition coefficient (Wildman–Crippen LogP) is 2.30. The molecule has 1 unspecified atom stereocenters. The van der Waals surface area contributed by atoms with E-state index in [4.69, 9.17) is 0 Å². The topological polar surface area (TPSA) is 12.0 Å². The van der Waals surface area contributed by atoms with Crippen molar-refractivity contribution in [3.8, 4) is 0 Å². The Labute approximate surface area is 77.9 Å². The third-order valence-corrected chi connectivity index (χ3v) is 3.36. The van der Waals surface area contributed by atoms with Crippen molar-refractivity contribution in [2.24, 2.45) is 0 Å². The van der Waals surface area contributed by atoms with Crippen LogP contribution in [0.3, 0.4) is 0 Å². The van der Waals surface area contributed by atoms with E-state index in [9.17, 15) is 0 Å². The zero-order valence-corrected chi connectivity index (χ0v) is 9.35. The number of anilines is 1. The van der Waals surface area contributed by atoms with Gasteiger partial charge in [-0.1, -0.05) is 22.0 Å². The van der Waals surface area contributed by atoms with Crippen LogP contribution in [0, 0.1) is 6.92 Å². The van der Waals surface area contributed by atoms with Gasteiger partial charge in [0.2, 0.25) is 0 Å². The maximum Gasteiger partial charge on any atom is 0.0451 e. The highest BCUT2D eigenvalue weighted by Gasteiger charge is 2.02. The molecule has 1 N–H and O–H groups in total. The molecule has 0 fully saturated rings. The van der Waals surface area contributed by atoms with Gasteiger partial charge in [0, 0.05) is 22.5 Å². The molecule has 11 heavy (non-hydrogen) atoms. The average Bonchev–Trinajstić information content (AvgIpc) is 1.99. The number of halogens is 1. The van der Waals surface area contributed by atoms with Gasteiger partial charge >= 0.3 is 0 Å². The molecule has 0 saturated heterocycles. The van der Waals surface area contributed by atoms with E-state index in [-0.39, 0.29) is 0 Å². The van der Waals surface area contributed by atoms with E-state index >= 15 is 0 Å². The molecule has 0 heterocycles. The zero-order chi connectivity index (χ0) is 8.43. The molecule has 1 aromatic rings. The lowest BCUT2D eigenvalue weighted by Crippen LogP contribution is -2.05. The predicted molar refractivity (Wildman–Crippen MR) is 57.8 cm³/mol. The van der Waals surface area contributed by atoms with Crippen LogP contribution in [0.1, 0.15) is 5.56 Å². The fourth-order valence-electron chi connectivity index (χ4n) is 1.03. The van der Waals surface area contributed by atoms with Crippen molar-refractivity contribution in [2.45, 2.75) is 6.92 Å². The van der Waals surface area contributed by atoms with Gasteiger partial charge in [0.05, 0.1) is 0 Å². The highest BCUT2D eigenvalue weighted by atomic mass is 79.9. The largest absolute Gasteiger partial charge is 0.387 e.